The fourth-order valence-electron chi connectivity index (χ4n) is 2.76. The van der Waals surface area contributed by atoms with Crippen LogP contribution in [0.3, 0.4) is 0 Å². The van der Waals surface area contributed by atoms with Crippen molar-refractivity contribution in [1.82, 2.24) is 0 Å². The van der Waals surface area contributed by atoms with Crippen molar-refractivity contribution in [2.75, 3.05) is 17.6 Å². The minimum atomic E-state index is -0.251. The molecule has 0 amide bonds. The molecule has 0 saturated heterocycles. The first kappa shape index (κ1) is 13.4. The zero-order chi connectivity index (χ0) is 13.3. The summed E-state index contributed by atoms with van der Waals surface area (Å²) < 4.78 is 14.5. The maximum atomic E-state index is 13.7. The van der Waals surface area contributed by atoms with Crippen molar-refractivity contribution in [3.63, 3.8) is 0 Å². The molecule has 5 heteroatoms. The van der Waals surface area contributed by atoms with Gasteiger partial charge in [0, 0.05) is 16.8 Å². The van der Waals surface area contributed by atoms with Crippen molar-refractivity contribution in [1.29, 1.82) is 0 Å². The summed E-state index contributed by atoms with van der Waals surface area (Å²) in [6, 6.07) is 5.04. The van der Waals surface area contributed by atoms with Gasteiger partial charge in [0.2, 0.25) is 0 Å². The van der Waals surface area contributed by atoms with Crippen LogP contribution >= 0.6 is 27.7 Å². The average Bonchev–Trinajstić information content (AvgIpc) is 2.84. The topological polar surface area (TPSA) is 24.4 Å². The normalized spacial score (nSPS) is 21.5. The number of hydrogen-bond acceptors (Lipinski definition) is 3. The third-order valence-electron chi connectivity index (χ3n) is 3.91. The number of nitrogens with zero attached hydrogens (tertiary/aromatic N) is 1. The van der Waals surface area contributed by atoms with Gasteiger partial charge in [0.25, 0.3) is 0 Å². The summed E-state index contributed by atoms with van der Waals surface area (Å²) in [7, 11) is 0. The molecule has 0 unspecified atom stereocenters. The summed E-state index contributed by atoms with van der Waals surface area (Å²) in [6.07, 6.45) is 5.26. The predicted molar refractivity (Wildman–Crippen MR) is 83.4 cm³/mol. The first-order chi connectivity index (χ1) is 9.17. The van der Waals surface area contributed by atoms with Crippen LogP contribution in [-0.4, -0.2) is 17.5 Å². The number of rotatable bonds is 1. The Morgan fingerprint density at radius 3 is 2.74 bits per heavy atom. The third-order valence-corrected chi connectivity index (χ3v) is 5.66. The molecule has 2 aliphatic rings. The van der Waals surface area contributed by atoms with Gasteiger partial charge < -0.3 is 5.32 Å². The lowest BCUT2D eigenvalue weighted by molar-refractivity contribution is 0.359. The molecule has 3 rings (SSSR count). The molecule has 2 nitrogen and oxygen atoms in total. The van der Waals surface area contributed by atoms with Crippen LogP contribution in [0.4, 0.5) is 10.1 Å². The number of nitrogens with one attached hydrogen (secondary N) is 1. The van der Waals surface area contributed by atoms with E-state index >= 15 is 0 Å². The molecular formula is C14H16BrFN2S. The quantitative estimate of drug-likeness (QED) is 0.802. The van der Waals surface area contributed by atoms with Gasteiger partial charge in [0.15, 0.2) is 5.17 Å². The summed E-state index contributed by atoms with van der Waals surface area (Å²) in [5.41, 5.74) is 0.922. The molecule has 0 bridgehead atoms. The van der Waals surface area contributed by atoms with E-state index < -0.39 is 0 Å². The first-order valence-corrected chi connectivity index (χ1v) is 8.34. The number of amidine groups is 1. The number of hydrogen-bond donors (Lipinski definition) is 1. The molecule has 0 aromatic heterocycles. The molecule has 1 saturated carbocycles. The number of thioether (sulfide) groups is 1. The minimum Gasteiger partial charge on any atom is -0.333 e. The van der Waals surface area contributed by atoms with Gasteiger partial charge in [0.1, 0.15) is 5.82 Å². The Bertz CT molecular complexity index is 512. The maximum Gasteiger partial charge on any atom is 0.161 e. The lowest BCUT2D eigenvalue weighted by Gasteiger charge is -2.31. The minimum absolute atomic E-state index is 0.251. The molecular weight excluding hydrogens is 327 g/mol. The van der Waals surface area contributed by atoms with Gasteiger partial charge in [-0.1, -0.05) is 40.5 Å². The molecule has 0 radical (unpaired) electrons. The van der Waals surface area contributed by atoms with Crippen molar-refractivity contribution in [2.45, 2.75) is 25.7 Å². The summed E-state index contributed by atoms with van der Waals surface area (Å²) in [4.78, 5) is 4.61. The van der Waals surface area contributed by atoms with E-state index in [0.29, 0.717) is 11.1 Å². The molecule has 1 aromatic carbocycles. The molecule has 102 valence electrons. The zero-order valence-corrected chi connectivity index (χ0v) is 13.0. The highest BCUT2D eigenvalue weighted by Crippen LogP contribution is 2.43. The monoisotopic (exact) mass is 342 g/mol. The van der Waals surface area contributed by atoms with E-state index in [1.54, 1.807) is 17.8 Å². The fourth-order valence-corrected chi connectivity index (χ4v) is 4.26. The Balaban J connectivity index is 1.69. The molecule has 1 N–H and O–H groups in total. The van der Waals surface area contributed by atoms with Gasteiger partial charge in [-0.25, -0.2) is 4.39 Å². The number of halogens is 2. The van der Waals surface area contributed by atoms with Crippen LogP contribution in [0.5, 0.6) is 0 Å². The van der Waals surface area contributed by atoms with Crippen LogP contribution in [-0.2, 0) is 0 Å². The van der Waals surface area contributed by atoms with Gasteiger partial charge in [-0.3, -0.25) is 4.99 Å². The Hall–Kier alpha value is -0.550. The van der Waals surface area contributed by atoms with Crippen molar-refractivity contribution >= 4 is 38.5 Å². The smallest absolute Gasteiger partial charge is 0.161 e. The Morgan fingerprint density at radius 2 is 2.11 bits per heavy atom. The van der Waals surface area contributed by atoms with Crippen LogP contribution in [0.1, 0.15) is 25.7 Å². The van der Waals surface area contributed by atoms with Crippen LogP contribution < -0.4 is 5.32 Å². The second-order valence-electron chi connectivity index (χ2n) is 5.37. The van der Waals surface area contributed by atoms with Crippen LogP contribution in [0.25, 0.3) is 0 Å². The van der Waals surface area contributed by atoms with Gasteiger partial charge in [-0.05, 0) is 36.5 Å². The summed E-state index contributed by atoms with van der Waals surface area (Å²) in [6.45, 7) is 0.889. The number of benzene rings is 1. The van der Waals surface area contributed by atoms with Gasteiger partial charge in [0.05, 0.1) is 5.69 Å². The largest absolute Gasteiger partial charge is 0.333 e. The van der Waals surface area contributed by atoms with E-state index in [4.69, 9.17) is 0 Å². The zero-order valence-electron chi connectivity index (χ0n) is 10.6. The highest BCUT2D eigenvalue weighted by atomic mass is 79.9. The van der Waals surface area contributed by atoms with Crippen molar-refractivity contribution in [2.24, 2.45) is 10.4 Å². The Kier molecular flexibility index (Phi) is 3.85. The molecule has 1 heterocycles. The maximum absolute atomic E-state index is 13.7. The molecule has 1 spiro atoms. The second-order valence-corrected chi connectivity index (χ2v) is 7.25. The van der Waals surface area contributed by atoms with E-state index in [9.17, 15) is 4.39 Å². The summed E-state index contributed by atoms with van der Waals surface area (Å²) in [5.74, 6) is 0.857. The fraction of sp³-hybridized carbons (Fsp3) is 0.500. The third kappa shape index (κ3) is 2.97. The van der Waals surface area contributed by atoms with E-state index in [-0.39, 0.29) is 5.82 Å². The lowest BCUT2D eigenvalue weighted by atomic mass is 9.89. The van der Waals surface area contributed by atoms with E-state index in [0.717, 1.165) is 21.9 Å². The Morgan fingerprint density at radius 1 is 1.32 bits per heavy atom. The SMILES string of the molecule is Fc1cc(Br)ccc1NC1=NCC2(CCCC2)CS1. The van der Waals surface area contributed by atoms with Gasteiger partial charge in [-0.15, -0.1) is 0 Å². The molecule has 1 aliphatic heterocycles. The molecule has 1 aromatic rings. The van der Waals surface area contributed by atoms with E-state index in [1.165, 1.54) is 31.7 Å². The predicted octanol–water partition coefficient (Wildman–Crippen LogP) is 4.66. The van der Waals surface area contributed by atoms with Gasteiger partial charge >= 0.3 is 0 Å². The lowest BCUT2D eigenvalue weighted by Crippen LogP contribution is -2.30. The molecule has 1 aliphatic carbocycles. The van der Waals surface area contributed by atoms with E-state index in [1.807, 2.05) is 6.07 Å². The standard InChI is InChI=1S/C14H16BrFN2S/c15-10-3-4-12(11(16)7-10)18-13-17-8-14(9-19-13)5-1-2-6-14/h3-4,7H,1-2,5-6,8-9H2,(H,17,18). The summed E-state index contributed by atoms with van der Waals surface area (Å²) in [5, 5.41) is 3.95. The highest BCUT2D eigenvalue weighted by molar-refractivity contribution is 9.10. The first-order valence-electron chi connectivity index (χ1n) is 6.56. The number of anilines is 1. The number of aliphatic imine (C=N–C) groups is 1. The molecule has 19 heavy (non-hydrogen) atoms. The van der Waals surface area contributed by atoms with Crippen LogP contribution in [0.15, 0.2) is 27.7 Å². The Labute approximate surface area is 125 Å². The van der Waals surface area contributed by atoms with Crippen molar-refractivity contribution < 1.29 is 4.39 Å². The molecule has 0 atom stereocenters. The second kappa shape index (κ2) is 5.44. The van der Waals surface area contributed by atoms with Crippen LogP contribution in [0, 0.1) is 11.2 Å². The van der Waals surface area contributed by atoms with Crippen molar-refractivity contribution in [3.05, 3.63) is 28.5 Å². The van der Waals surface area contributed by atoms with Gasteiger partial charge in [-0.2, -0.15) is 0 Å². The average molecular weight is 343 g/mol. The molecule has 1 fully saturated rings. The van der Waals surface area contributed by atoms with Crippen molar-refractivity contribution in [3.8, 4) is 0 Å². The van der Waals surface area contributed by atoms with Crippen LogP contribution in [0.2, 0.25) is 0 Å². The summed E-state index contributed by atoms with van der Waals surface area (Å²) >= 11 is 4.99. The van der Waals surface area contributed by atoms with E-state index in [2.05, 4.69) is 26.2 Å². The highest BCUT2D eigenvalue weighted by Gasteiger charge is 2.36.